The van der Waals surface area contributed by atoms with Crippen LogP contribution in [0.25, 0.3) is 0 Å². The number of carbonyl (C=O) groups excluding carboxylic acids is 1. The van der Waals surface area contributed by atoms with Crippen molar-refractivity contribution in [1.82, 2.24) is 0 Å². The van der Waals surface area contributed by atoms with Gasteiger partial charge in [0.05, 0.1) is 17.9 Å². The van der Waals surface area contributed by atoms with E-state index >= 15 is 0 Å². The van der Waals surface area contributed by atoms with Crippen LogP contribution in [0.1, 0.15) is 23.2 Å². The number of carbonyl (C=O) groups is 1. The number of hydrogen-bond donors (Lipinski definition) is 0. The summed E-state index contributed by atoms with van der Waals surface area (Å²) >= 11 is 0. The number of esters is 1. The van der Waals surface area contributed by atoms with Crippen LogP contribution in [-0.4, -0.2) is 33.1 Å². The van der Waals surface area contributed by atoms with Gasteiger partial charge in [-0.25, -0.2) is 4.79 Å². The molecule has 22 heavy (non-hydrogen) atoms. The summed E-state index contributed by atoms with van der Waals surface area (Å²) in [4.78, 5) is 11.4. The molecule has 0 bridgehead atoms. The first-order valence-electron chi connectivity index (χ1n) is 6.03. The fourth-order valence-corrected chi connectivity index (χ4v) is 2.82. The van der Waals surface area contributed by atoms with E-state index in [1.807, 2.05) is 0 Å². The molecule has 0 saturated heterocycles. The largest absolute Gasteiger partial charge is 0.573 e. The van der Waals surface area contributed by atoms with Gasteiger partial charge >= 0.3 is 22.4 Å². The molecule has 0 spiro atoms. The summed E-state index contributed by atoms with van der Waals surface area (Å²) in [5, 5.41) is -0.679. The van der Waals surface area contributed by atoms with E-state index in [4.69, 9.17) is 4.18 Å². The minimum Gasteiger partial charge on any atom is -0.465 e. The fourth-order valence-electron chi connectivity index (χ4n) is 1.61. The van der Waals surface area contributed by atoms with Crippen molar-refractivity contribution in [2.45, 2.75) is 24.5 Å². The predicted molar refractivity (Wildman–Crippen MR) is 67.0 cm³/mol. The zero-order valence-corrected chi connectivity index (χ0v) is 12.0. The Morgan fingerprint density at radius 3 is 2.27 bits per heavy atom. The molecular weight excluding hydrogens is 329 g/mol. The maximum Gasteiger partial charge on any atom is 0.573 e. The third-order valence-corrected chi connectivity index (χ3v) is 4.39. The van der Waals surface area contributed by atoms with Crippen molar-refractivity contribution < 1.29 is 40.0 Å². The van der Waals surface area contributed by atoms with Crippen LogP contribution >= 0.6 is 0 Å². The lowest BCUT2D eigenvalue weighted by Gasteiger charge is -2.12. The standard InChI is InChI=1S/C12H11F3O6S/c1-19-11(16)7-4-8(20-12(13,14)15)6-9(5-7)21-22(17,18)10-2-3-10/h4-6,10H,2-3H2,1H3. The van der Waals surface area contributed by atoms with Gasteiger partial charge in [0.1, 0.15) is 11.5 Å². The highest BCUT2D eigenvalue weighted by atomic mass is 32.2. The van der Waals surface area contributed by atoms with Gasteiger partial charge in [-0.05, 0) is 25.0 Å². The number of hydrogen-bond acceptors (Lipinski definition) is 6. The third kappa shape index (κ3) is 4.26. The van der Waals surface area contributed by atoms with E-state index in [1.54, 1.807) is 0 Å². The zero-order chi connectivity index (χ0) is 16.5. The quantitative estimate of drug-likeness (QED) is 0.604. The molecule has 1 aromatic carbocycles. The summed E-state index contributed by atoms with van der Waals surface area (Å²) in [7, 11) is -2.91. The zero-order valence-electron chi connectivity index (χ0n) is 11.2. The van der Waals surface area contributed by atoms with Crippen molar-refractivity contribution in [3.05, 3.63) is 23.8 Å². The molecule has 1 saturated carbocycles. The van der Waals surface area contributed by atoms with Crippen molar-refractivity contribution in [1.29, 1.82) is 0 Å². The van der Waals surface area contributed by atoms with Gasteiger partial charge in [-0.2, -0.15) is 8.42 Å². The average molecular weight is 340 g/mol. The summed E-state index contributed by atoms with van der Waals surface area (Å²) in [6.45, 7) is 0. The van der Waals surface area contributed by atoms with Crippen molar-refractivity contribution in [3.63, 3.8) is 0 Å². The summed E-state index contributed by atoms with van der Waals surface area (Å²) in [6, 6.07) is 2.48. The summed E-state index contributed by atoms with van der Waals surface area (Å²) < 4.78 is 73.0. The molecular formula is C12H11F3O6S. The van der Waals surface area contributed by atoms with Crippen LogP contribution in [0.15, 0.2) is 18.2 Å². The highest BCUT2D eigenvalue weighted by Gasteiger charge is 2.38. The van der Waals surface area contributed by atoms with Gasteiger partial charge in [0.15, 0.2) is 0 Å². The Hall–Kier alpha value is -1.97. The first kappa shape index (κ1) is 16.4. The maximum absolute atomic E-state index is 12.3. The molecule has 0 amide bonds. The van der Waals surface area contributed by atoms with E-state index in [0.717, 1.165) is 25.3 Å². The van der Waals surface area contributed by atoms with Crippen molar-refractivity contribution in [3.8, 4) is 11.5 Å². The number of alkyl halides is 3. The molecule has 1 aliphatic carbocycles. The second-order valence-electron chi connectivity index (χ2n) is 4.51. The minimum atomic E-state index is -5.00. The van der Waals surface area contributed by atoms with Gasteiger partial charge in [0, 0.05) is 6.07 Å². The maximum atomic E-state index is 12.3. The molecule has 0 heterocycles. The first-order valence-corrected chi connectivity index (χ1v) is 7.50. The van der Waals surface area contributed by atoms with E-state index in [0.29, 0.717) is 12.8 Å². The van der Waals surface area contributed by atoms with Gasteiger partial charge in [-0.1, -0.05) is 0 Å². The number of methoxy groups -OCH3 is 1. The summed E-state index contributed by atoms with van der Waals surface area (Å²) in [5.74, 6) is -2.19. The molecule has 6 nitrogen and oxygen atoms in total. The molecule has 0 unspecified atom stereocenters. The highest BCUT2D eigenvalue weighted by Crippen LogP contribution is 2.33. The van der Waals surface area contributed by atoms with Gasteiger partial charge in [-0.3, -0.25) is 0 Å². The van der Waals surface area contributed by atoms with Crippen LogP contribution in [0, 0.1) is 0 Å². The monoisotopic (exact) mass is 340 g/mol. The van der Waals surface area contributed by atoms with Gasteiger partial charge in [0.25, 0.3) is 0 Å². The van der Waals surface area contributed by atoms with E-state index in [2.05, 4.69) is 9.47 Å². The van der Waals surface area contributed by atoms with Gasteiger partial charge in [0.2, 0.25) is 0 Å². The Morgan fingerprint density at radius 1 is 1.18 bits per heavy atom. The van der Waals surface area contributed by atoms with Crippen LogP contribution < -0.4 is 8.92 Å². The Kier molecular flexibility index (Phi) is 4.23. The van der Waals surface area contributed by atoms with Gasteiger partial charge in [-0.15, -0.1) is 13.2 Å². The Balaban J connectivity index is 2.35. The molecule has 122 valence electrons. The molecule has 1 aliphatic rings. The highest BCUT2D eigenvalue weighted by molar-refractivity contribution is 7.88. The lowest BCUT2D eigenvalue weighted by molar-refractivity contribution is -0.274. The van der Waals surface area contributed by atoms with Crippen LogP contribution in [0.2, 0.25) is 0 Å². The predicted octanol–water partition coefficient (Wildman–Crippen LogP) is 2.24. The lowest BCUT2D eigenvalue weighted by atomic mass is 10.2. The van der Waals surface area contributed by atoms with E-state index < -0.39 is 39.2 Å². The molecule has 2 rings (SSSR count). The molecule has 1 fully saturated rings. The second kappa shape index (κ2) is 5.67. The lowest BCUT2D eigenvalue weighted by Crippen LogP contribution is -2.18. The number of rotatable bonds is 5. The number of benzene rings is 1. The average Bonchev–Trinajstić information content (AvgIpc) is 3.19. The fraction of sp³-hybridized carbons (Fsp3) is 0.417. The number of halogens is 3. The van der Waals surface area contributed by atoms with E-state index in [1.165, 1.54) is 0 Å². The Labute approximate surface area is 123 Å². The Morgan fingerprint density at radius 2 is 1.77 bits per heavy atom. The molecule has 10 heteroatoms. The third-order valence-electron chi connectivity index (χ3n) is 2.68. The SMILES string of the molecule is COC(=O)c1cc(OC(F)(F)F)cc(OS(=O)(=O)C2CC2)c1. The smallest absolute Gasteiger partial charge is 0.465 e. The summed E-state index contributed by atoms with van der Waals surface area (Å²) in [6.07, 6.45) is -4.16. The number of ether oxygens (including phenoxy) is 2. The van der Waals surface area contributed by atoms with Crippen LogP contribution in [0.5, 0.6) is 11.5 Å². The normalized spacial score (nSPS) is 15.3. The molecule has 0 aliphatic heterocycles. The van der Waals surface area contributed by atoms with Crippen molar-refractivity contribution in [2.24, 2.45) is 0 Å². The molecule has 0 radical (unpaired) electrons. The summed E-state index contributed by atoms with van der Waals surface area (Å²) in [5.41, 5.74) is -0.328. The van der Waals surface area contributed by atoms with E-state index in [9.17, 15) is 26.4 Å². The van der Waals surface area contributed by atoms with Crippen molar-refractivity contribution in [2.75, 3.05) is 7.11 Å². The molecule has 0 N–H and O–H groups in total. The second-order valence-corrected chi connectivity index (χ2v) is 6.33. The Bertz CT molecular complexity index is 679. The van der Waals surface area contributed by atoms with Crippen LogP contribution in [-0.2, 0) is 14.9 Å². The van der Waals surface area contributed by atoms with Crippen LogP contribution in [0.3, 0.4) is 0 Å². The minimum absolute atomic E-state index is 0.328. The van der Waals surface area contributed by atoms with Crippen molar-refractivity contribution >= 4 is 16.1 Å². The topological polar surface area (TPSA) is 78.9 Å². The van der Waals surface area contributed by atoms with Gasteiger partial charge < -0.3 is 13.7 Å². The molecule has 0 aromatic heterocycles. The van der Waals surface area contributed by atoms with Crippen LogP contribution in [0.4, 0.5) is 13.2 Å². The molecule has 0 atom stereocenters. The first-order chi connectivity index (χ1) is 10.1. The molecule has 1 aromatic rings. The van der Waals surface area contributed by atoms with E-state index in [-0.39, 0.29) is 5.56 Å².